The van der Waals surface area contributed by atoms with Crippen LogP contribution in [0.15, 0.2) is 83.8 Å². The molecule has 0 amide bonds. The summed E-state index contributed by atoms with van der Waals surface area (Å²) in [5, 5.41) is 9.59. The van der Waals surface area contributed by atoms with Gasteiger partial charge in [-0.15, -0.1) is 0 Å². The Kier molecular flexibility index (Phi) is 16.4. The van der Waals surface area contributed by atoms with Crippen LogP contribution in [0.1, 0.15) is 126 Å². The van der Waals surface area contributed by atoms with E-state index in [2.05, 4.69) is 23.5 Å². The van der Waals surface area contributed by atoms with Gasteiger partial charge in [0.05, 0.1) is 23.7 Å². The van der Waals surface area contributed by atoms with E-state index in [1.807, 2.05) is 36.4 Å². The van der Waals surface area contributed by atoms with Crippen LogP contribution >= 0.6 is 0 Å². The van der Waals surface area contributed by atoms with Gasteiger partial charge >= 0.3 is 0 Å². The van der Waals surface area contributed by atoms with Crippen LogP contribution in [0.3, 0.4) is 0 Å². The van der Waals surface area contributed by atoms with Crippen molar-refractivity contribution in [2.75, 3.05) is 24.4 Å². The van der Waals surface area contributed by atoms with E-state index >= 15 is 0 Å². The molecule has 0 aromatic heterocycles. The van der Waals surface area contributed by atoms with Crippen molar-refractivity contribution in [1.82, 2.24) is 4.90 Å². The molecule has 48 heavy (non-hydrogen) atoms. The number of ether oxygens (including phenoxy) is 2. The van der Waals surface area contributed by atoms with Gasteiger partial charge in [0.25, 0.3) is 10.0 Å². The molecule has 0 spiro atoms. The first-order valence-corrected chi connectivity index (χ1v) is 19.8. The van der Waals surface area contributed by atoms with Crippen molar-refractivity contribution in [3.05, 3.63) is 95.6 Å². The van der Waals surface area contributed by atoms with E-state index in [1.54, 1.807) is 42.5 Å². The van der Waals surface area contributed by atoms with Crippen molar-refractivity contribution >= 4 is 15.7 Å². The van der Waals surface area contributed by atoms with Crippen LogP contribution in [0, 0.1) is 0 Å². The zero-order valence-electron chi connectivity index (χ0n) is 29.2. The molecule has 7 nitrogen and oxygen atoms in total. The molecule has 0 saturated carbocycles. The number of sulfonamides is 1. The largest absolute Gasteiger partial charge is 0.392 e. The molecular weight excluding hydrogens is 621 g/mol. The van der Waals surface area contributed by atoms with Gasteiger partial charge in [-0.3, -0.25) is 4.72 Å². The summed E-state index contributed by atoms with van der Waals surface area (Å²) in [6.07, 6.45) is 15.3. The van der Waals surface area contributed by atoms with Gasteiger partial charge in [-0.1, -0.05) is 133 Å². The highest BCUT2D eigenvalue weighted by Gasteiger charge is 2.33. The lowest BCUT2D eigenvalue weighted by Gasteiger charge is -2.38. The molecule has 0 unspecified atom stereocenters. The predicted octanol–water partition coefficient (Wildman–Crippen LogP) is 9.55. The molecule has 1 aliphatic heterocycles. The Bertz CT molecular complexity index is 1380. The normalized spacial score (nSPS) is 18.3. The molecule has 1 saturated heterocycles. The number of unbranched alkanes of at least 4 members (excludes halogenated alkanes) is 10. The molecule has 3 aromatic carbocycles. The first kappa shape index (κ1) is 38.1. The predicted molar refractivity (Wildman–Crippen MR) is 195 cm³/mol. The Balaban J connectivity index is 1.46. The maximum Gasteiger partial charge on any atom is 0.261 e. The van der Waals surface area contributed by atoms with E-state index in [0.29, 0.717) is 5.69 Å². The van der Waals surface area contributed by atoms with Gasteiger partial charge in [-0.05, 0) is 61.3 Å². The number of nitrogens with zero attached hydrogens (tertiary/aromatic N) is 1. The second-order valence-corrected chi connectivity index (χ2v) is 14.9. The minimum atomic E-state index is -3.69. The molecule has 0 radical (unpaired) electrons. The van der Waals surface area contributed by atoms with Crippen LogP contribution in [0.2, 0.25) is 0 Å². The standard InChI is InChI=1S/C40H58N2O5S/c1-3-5-7-9-11-16-28-42(29-17-12-10-8-6-4-2)31-37-30-39(34-22-20-33(32-43)21-23-34)47-40(46-37)35-24-26-36(27-25-35)41-48(44,45)38-18-14-13-15-19-38/h13-15,18-27,37,39-41,43H,3-12,16-17,28-32H2,1-2H3/t37-,39+,40+/m1/s1. The molecule has 264 valence electrons. The summed E-state index contributed by atoms with van der Waals surface area (Å²) in [4.78, 5) is 2.83. The quantitative estimate of drug-likeness (QED) is 0.103. The highest BCUT2D eigenvalue weighted by atomic mass is 32.2. The van der Waals surface area contributed by atoms with Crippen molar-refractivity contribution in [3.63, 3.8) is 0 Å². The first-order valence-electron chi connectivity index (χ1n) is 18.3. The number of anilines is 1. The lowest BCUT2D eigenvalue weighted by molar-refractivity contribution is -0.253. The van der Waals surface area contributed by atoms with Crippen molar-refractivity contribution in [3.8, 4) is 0 Å². The lowest BCUT2D eigenvalue weighted by Crippen LogP contribution is -2.40. The fourth-order valence-electron chi connectivity index (χ4n) is 6.37. The summed E-state index contributed by atoms with van der Waals surface area (Å²) in [6, 6.07) is 23.7. The fraction of sp³-hybridized carbons (Fsp3) is 0.550. The average Bonchev–Trinajstić information content (AvgIpc) is 3.11. The smallest absolute Gasteiger partial charge is 0.261 e. The van der Waals surface area contributed by atoms with Crippen LogP contribution in [0.5, 0.6) is 0 Å². The maximum absolute atomic E-state index is 12.9. The van der Waals surface area contributed by atoms with Gasteiger partial charge < -0.3 is 19.5 Å². The molecule has 4 rings (SSSR count). The summed E-state index contributed by atoms with van der Waals surface area (Å²) >= 11 is 0. The number of aliphatic hydroxyl groups excluding tert-OH is 1. The molecule has 3 aromatic rings. The number of hydrogen-bond acceptors (Lipinski definition) is 6. The van der Waals surface area contributed by atoms with Gasteiger partial charge in [0.1, 0.15) is 0 Å². The minimum absolute atomic E-state index is 0.00634. The minimum Gasteiger partial charge on any atom is -0.392 e. The van der Waals surface area contributed by atoms with Crippen LogP contribution in [-0.4, -0.2) is 44.2 Å². The molecule has 0 bridgehead atoms. The third kappa shape index (κ3) is 12.6. The molecule has 3 atom stereocenters. The van der Waals surface area contributed by atoms with E-state index in [-0.39, 0.29) is 23.7 Å². The van der Waals surface area contributed by atoms with Gasteiger partial charge in [0, 0.05) is 24.2 Å². The molecule has 0 aliphatic carbocycles. The summed E-state index contributed by atoms with van der Waals surface area (Å²) < 4.78 is 41.7. The third-order valence-corrected chi connectivity index (χ3v) is 10.6. The number of hydrogen-bond donors (Lipinski definition) is 2. The second kappa shape index (κ2) is 20.7. The fourth-order valence-corrected chi connectivity index (χ4v) is 7.45. The van der Waals surface area contributed by atoms with Crippen molar-refractivity contribution < 1.29 is 23.0 Å². The molecule has 1 aliphatic rings. The van der Waals surface area contributed by atoms with Crippen molar-refractivity contribution in [2.45, 2.75) is 127 Å². The number of aliphatic hydroxyl groups is 1. The summed E-state index contributed by atoms with van der Waals surface area (Å²) in [6.45, 7) is 7.55. The number of benzene rings is 3. The zero-order chi connectivity index (χ0) is 34.0. The van der Waals surface area contributed by atoms with Gasteiger partial charge in [-0.2, -0.15) is 0 Å². The Hall–Kier alpha value is -2.75. The van der Waals surface area contributed by atoms with Crippen LogP contribution in [0.25, 0.3) is 0 Å². The van der Waals surface area contributed by atoms with Crippen molar-refractivity contribution in [2.24, 2.45) is 0 Å². The Morgan fingerprint density at radius 3 is 1.85 bits per heavy atom. The topological polar surface area (TPSA) is 88.1 Å². The first-order chi connectivity index (χ1) is 23.4. The summed E-state index contributed by atoms with van der Waals surface area (Å²) in [7, 11) is -3.69. The summed E-state index contributed by atoms with van der Waals surface area (Å²) in [5.41, 5.74) is 3.26. The van der Waals surface area contributed by atoms with E-state index in [4.69, 9.17) is 9.47 Å². The highest BCUT2D eigenvalue weighted by molar-refractivity contribution is 7.92. The van der Waals surface area contributed by atoms with Crippen LogP contribution in [0.4, 0.5) is 5.69 Å². The van der Waals surface area contributed by atoms with E-state index in [1.165, 1.54) is 77.0 Å². The maximum atomic E-state index is 12.9. The van der Waals surface area contributed by atoms with E-state index in [0.717, 1.165) is 42.7 Å². The van der Waals surface area contributed by atoms with E-state index in [9.17, 15) is 13.5 Å². The summed E-state index contributed by atoms with van der Waals surface area (Å²) in [5.74, 6) is 0. The average molecular weight is 679 g/mol. The molecular formula is C40H58N2O5S. The Morgan fingerprint density at radius 2 is 1.27 bits per heavy atom. The molecule has 8 heteroatoms. The zero-order valence-corrected chi connectivity index (χ0v) is 30.0. The van der Waals surface area contributed by atoms with Gasteiger partial charge in [0.15, 0.2) is 6.29 Å². The number of rotatable bonds is 22. The van der Waals surface area contributed by atoms with Crippen LogP contribution < -0.4 is 4.72 Å². The SMILES string of the molecule is CCCCCCCCN(CCCCCCCC)C[C@H]1C[C@@H](c2ccc(CO)cc2)O[C@@H](c2ccc(NS(=O)(=O)c3ccccc3)cc2)O1. The van der Waals surface area contributed by atoms with Crippen LogP contribution in [-0.2, 0) is 26.1 Å². The lowest BCUT2D eigenvalue weighted by atomic mass is 9.99. The molecule has 1 fully saturated rings. The third-order valence-electron chi connectivity index (χ3n) is 9.22. The Morgan fingerprint density at radius 1 is 0.708 bits per heavy atom. The van der Waals surface area contributed by atoms with Crippen molar-refractivity contribution in [1.29, 1.82) is 0 Å². The number of nitrogens with one attached hydrogen (secondary N) is 1. The van der Waals surface area contributed by atoms with Gasteiger partial charge in [0.2, 0.25) is 0 Å². The van der Waals surface area contributed by atoms with E-state index < -0.39 is 16.3 Å². The molecule has 1 heterocycles. The monoisotopic (exact) mass is 678 g/mol. The Labute approximate surface area is 290 Å². The van der Waals surface area contributed by atoms with Gasteiger partial charge in [-0.25, -0.2) is 8.42 Å². The highest BCUT2D eigenvalue weighted by Crippen LogP contribution is 2.38. The second-order valence-electron chi connectivity index (χ2n) is 13.2. The molecule has 2 N–H and O–H groups in total.